The second-order valence-corrected chi connectivity index (χ2v) is 5.17. The van der Waals surface area contributed by atoms with Crippen molar-refractivity contribution in [2.75, 3.05) is 5.73 Å². The Labute approximate surface area is 88.9 Å². The van der Waals surface area contributed by atoms with Crippen LogP contribution in [0, 0.1) is 0 Å². The normalized spacial score (nSPS) is 9.50. The molecule has 0 atom stereocenters. The largest absolute Gasteiger partial charge is 0.398 e. The summed E-state index contributed by atoms with van der Waals surface area (Å²) in [7, 11) is 0. The molecule has 0 saturated heterocycles. The maximum Gasteiger partial charge on any atom is 0.0567 e. The lowest BCUT2D eigenvalue weighted by Crippen LogP contribution is -1.91. The molecule has 0 radical (unpaired) electrons. The highest BCUT2D eigenvalue weighted by Gasteiger charge is 1.94. The molecule has 0 bridgehead atoms. The van der Waals surface area contributed by atoms with Crippen LogP contribution in [0.25, 0.3) is 0 Å². The van der Waals surface area contributed by atoms with Crippen LogP contribution in [-0.4, -0.2) is 0 Å². The summed E-state index contributed by atoms with van der Waals surface area (Å²) >= 11 is 6.59. The minimum absolute atomic E-state index is 0.843. The van der Waals surface area contributed by atoms with Crippen LogP contribution in [0.15, 0.2) is 33.7 Å². The molecule has 1 aromatic rings. The van der Waals surface area contributed by atoms with Crippen molar-refractivity contribution < 1.29 is 0 Å². The molecule has 64 valence electrons. The number of halogens is 2. The first-order chi connectivity index (χ1) is 5.70. The molecule has 0 fully saturated rings. The van der Waals surface area contributed by atoms with E-state index in [1.165, 1.54) is 0 Å². The fourth-order valence-electron chi connectivity index (χ4n) is 0.907. The lowest BCUT2D eigenvalue weighted by atomic mass is 10.1. The zero-order chi connectivity index (χ0) is 8.97. The number of allylic oxidation sites excluding steroid dienone is 1. The van der Waals surface area contributed by atoms with E-state index in [0.717, 1.165) is 21.1 Å². The molecule has 1 rings (SSSR count). The van der Waals surface area contributed by atoms with E-state index in [2.05, 4.69) is 31.9 Å². The fourth-order valence-corrected chi connectivity index (χ4v) is 1.23. The molecule has 0 aliphatic rings. The van der Waals surface area contributed by atoms with Gasteiger partial charge in [-0.1, -0.05) is 24.3 Å². The first kappa shape index (κ1) is 9.81. The number of hydrogen-bond donors (Lipinski definition) is 1. The van der Waals surface area contributed by atoms with Gasteiger partial charge in [-0.2, -0.15) is 0 Å². The molecule has 0 aromatic heterocycles. The second kappa shape index (κ2) is 4.67. The van der Waals surface area contributed by atoms with Crippen LogP contribution in [0.4, 0.5) is 5.69 Å². The number of nitrogen functional groups attached to an aromatic ring is 1. The number of para-hydroxylation sites is 1. The molecule has 0 spiro atoms. The van der Waals surface area contributed by atoms with Crippen LogP contribution in [0.5, 0.6) is 0 Å². The van der Waals surface area contributed by atoms with Gasteiger partial charge >= 0.3 is 0 Å². The first-order valence-electron chi connectivity index (χ1n) is 3.54. The topological polar surface area (TPSA) is 26.0 Å². The third-order valence-electron chi connectivity index (χ3n) is 1.53. The summed E-state index contributed by atoms with van der Waals surface area (Å²) in [6, 6.07) is 7.85. The summed E-state index contributed by atoms with van der Waals surface area (Å²) in [6.07, 6.45) is 2.87. The molecular weight excluding hydrogens is 282 g/mol. The Morgan fingerprint density at radius 1 is 1.33 bits per heavy atom. The van der Waals surface area contributed by atoms with E-state index >= 15 is 0 Å². The summed E-state index contributed by atoms with van der Waals surface area (Å²) in [5, 5.41) is 0. The quantitative estimate of drug-likeness (QED) is 0.830. The molecule has 1 aromatic carbocycles. The van der Waals surface area contributed by atoms with Crippen molar-refractivity contribution in [2.24, 2.45) is 0 Å². The van der Waals surface area contributed by atoms with Gasteiger partial charge in [0.05, 0.1) is 3.39 Å². The Morgan fingerprint density at radius 2 is 2.00 bits per heavy atom. The first-order valence-corrected chi connectivity index (χ1v) is 5.13. The maximum absolute atomic E-state index is 5.75. The Bertz CT molecular complexity index is 290. The summed E-state index contributed by atoms with van der Waals surface area (Å²) in [5.74, 6) is 0. The van der Waals surface area contributed by atoms with Crippen molar-refractivity contribution in [2.45, 2.75) is 6.42 Å². The highest BCUT2D eigenvalue weighted by atomic mass is 79.9. The van der Waals surface area contributed by atoms with Gasteiger partial charge in [0.15, 0.2) is 0 Å². The zero-order valence-corrected chi connectivity index (χ0v) is 9.60. The van der Waals surface area contributed by atoms with E-state index in [1.807, 2.05) is 30.3 Å². The van der Waals surface area contributed by atoms with E-state index in [-0.39, 0.29) is 0 Å². The Kier molecular flexibility index (Phi) is 3.82. The minimum atomic E-state index is 0.843. The third kappa shape index (κ3) is 2.99. The molecular formula is C9H9Br2N. The highest BCUT2D eigenvalue weighted by Crippen LogP contribution is 2.17. The fraction of sp³-hybridized carbons (Fsp3) is 0.111. The smallest absolute Gasteiger partial charge is 0.0567 e. The van der Waals surface area contributed by atoms with Crippen LogP contribution >= 0.6 is 31.9 Å². The van der Waals surface area contributed by atoms with E-state index in [4.69, 9.17) is 5.73 Å². The van der Waals surface area contributed by atoms with Gasteiger partial charge in [-0.25, -0.2) is 0 Å². The van der Waals surface area contributed by atoms with Gasteiger partial charge in [0.25, 0.3) is 0 Å². The molecule has 12 heavy (non-hydrogen) atoms. The molecule has 0 aliphatic heterocycles. The Hall–Kier alpha value is -0.280. The number of benzene rings is 1. The van der Waals surface area contributed by atoms with Gasteiger partial charge < -0.3 is 5.73 Å². The molecule has 1 nitrogen and oxygen atoms in total. The van der Waals surface area contributed by atoms with Crippen LogP contribution in [0.3, 0.4) is 0 Å². The lowest BCUT2D eigenvalue weighted by molar-refractivity contribution is 1.28. The van der Waals surface area contributed by atoms with E-state index in [1.54, 1.807) is 0 Å². The summed E-state index contributed by atoms with van der Waals surface area (Å²) in [6.45, 7) is 0. The molecule has 0 unspecified atom stereocenters. The van der Waals surface area contributed by atoms with Crippen LogP contribution in [-0.2, 0) is 6.42 Å². The number of anilines is 1. The molecule has 3 heteroatoms. The molecule has 0 saturated carbocycles. The molecule has 2 N–H and O–H groups in total. The zero-order valence-electron chi connectivity index (χ0n) is 6.43. The summed E-state index contributed by atoms with van der Waals surface area (Å²) in [4.78, 5) is 0. The predicted molar refractivity (Wildman–Crippen MR) is 60.5 cm³/mol. The second-order valence-electron chi connectivity index (χ2n) is 2.40. The van der Waals surface area contributed by atoms with Crippen LogP contribution in [0.2, 0.25) is 0 Å². The van der Waals surface area contributed by atoms with Gasteiger partial charge in [-0.3, -0.25) is 0 Å². The SMILES string of the molecule is Nc1ccccc1CC=C(Br)Br. The Morgan fingerprint density at radius 3 is 2.58 bits per heavy atom. The van der Waals surface area contributed by atoms with Crippen LogP contribution < -0.4 is 5.73 Å². The van der Waals surface area contributed by atoms with Gasteiger partial charge in [-0.15, -0.1) is 0 Å². The molecule has 0 heterocycles. The van der Waals surface area contributed by atoms with Crippen molar-refractivity contribution in [1.29, 1.82) is 0 Å². The van der Waals surface area contributed by atoms with Crippen molar-refractivity contribution in [3.63, 3.8) is 0 Å². The average Bonchev–Trinajstić information content (AvgIpc) is 2.03. The Balaban J connectivity index is 2.76. The number of rotatable bonds is 2. The number of nitrogens with two attached hydrogens (primary N) is 1. The summed E-state index contributed by atoms with van der Waals surface area (Å²) in [5.41, 5.74) is 7.74. The minimum Gasteiger partial charge on any atom is -0.398 e. The lowest BCUT2D eigenvalue weighted by Gasteiger charge is -2.00. The van der Waals surface area contributed by atoms with Crippen molar-refractivity contribution in [1.82, 2.24) is 0 Å². The van der Waals surface area contributed by atoms with Crippen molar-refractivity contribution >= 4 is 37.5 Å². The average molecular weight is 291 g/mol. The molecule has 0 aliphatic carbocycles. The van der Waals surface area contributed by atoms with Gasteiger partial charge in [0, 0.05) is 5.69 Å². The monoisotopic (exact) mass is 289 g/mol. The van der Waals surface area contributed by atoms with Gasteiger partial charge in [0.2, 0.25) is 0 Å². The van der Waals surface area contributed by atoms with Gasteiger partial charge in [-0.05, 0) is 49.9 Å². The van der Waals surface area contributed by atoms with Crippen molar-refractivity contribution in [3.8, 4) is 0 Å². The van der Waals surface area contributed by atoms with Gasteiger partial charge in [0.1, 0.15) is 0 Å². The highest BCUT2D eigenvalue weighted by molar-refractivity contribution is 9.28. The van der Waals surface area contributed by atoms with Crippen molar-refractivity contribution in [3.05, 3.63) is 39.3 Å². The van der Waals surface area contributed by atoms with Crippen LogP contribution in [0.1, 0.15) is 5.56 Å². The predicted octanol–water partition coefficient (Wildman–Crippen LogP) is 3.44. The maximum atomic E-state index is 5.75. The van der Waals surface area contributed by atoms with E-state index < -0.39 is 0 Å². The standard InChI is InChI=1S/C9H9Br2N/c10-9(11)6-5-7-3-1-2-4-8(7)12/h1-4,6H,5,12H2. The van der Waals surface area contributed by atoms with E-state index in [0.29, 0.717) is 0 Å². The summed E-state index contributed by atoms with van der Waals surface area (Å²) < 4.78 is 0.957. The third-order valence-corrected chi connectivity index (χ3v) is 2.18. The molecule has 0 amide bonds. The number of hydrogen-bond acceptors (Lipinski definition) is 1. The van der Waals surface area contributed by atoms with E-state index in [9.17, 15) is 0 Å².